The van der Waals surface area contributed by atoms with Crippen LogP contribution in [0.15, 0.2) is 18.5 Å². The van der Waals surface area contributed by atoms with Crippen molar-refractivity contribution < 1.29 is 14.7 Å². The van der Waals surface area contributed by atoms with E-state index in [9.17, 15) is 9.59 Å². The molecule has 96 valence electrons. The number of carboxylic acids is 1. The van der Waals surface area contributed by atoms with Crippen molar-refractivity contribution >= 4 is 23.5 Å². The standard InChI is InChI=1S/C12H13ClN2O3/c13-9-7-14-5-2-8(9)11(18)15-12(3-1-4-12)6-10(16)17/h2,5,7H,1,3-4,6H2,(H,15,18)(H,16,17). The fourth-order valence-corrected chi connectivity index (χ4v) is 2.31. The van der Waals surface area contributed by atoms with Crippen LogP contribution < -0.4 is 5.32 Å². The molecule has 0 spiro atoms. The number of amides is 1. The van der Waals surface area contributed by atoms with Crippen LogP contribution in [0.5, 0.6) is 0 Å². The summed E-state index contributed by atoms with van der Waals surface area (Å²) in [5.74, 6) is -1.25. The Morgan fingerprint density at radius 1 is 1.50 bits per heavy atom. The summed E-state index contributed by atoms with van der Waals surface area (Å²) in [4.78, 5) is 26.6. The minimum atomic E-state index is -0.907. The molecule has 1 aliphatic rings. The van der Waals surface area contributed by atoms with E-state index in [0.717, 1.165) is 6.42 Å². The molecule has 5 nitrogen and oxygen atoms in total. The molecular weight excluding hydrogens is 256 g/mol. The summed E-state index contributed by atoms with van der Waals surface area (Å²) in [6.45, 7) is 0. The molecule has 0 bridgehead atoms. The number of aliphatic carboxylic acids is 1. The van der Waals surface area contributed by atoms with E-state index >= 15 is 0 Å². The quantitative estimate of drug-likeness (QED) is 0.874. The Balaban J connectivity index is 2.11. The largest absolute Gasteiger partial charge is 0.481 e. The molecule has 0 unspecified atom stereocenters. The summed E-state index contributed by atoms with van der Waals surface area (Å²) < 4.78 is 0. The molecule has 1 fully saturated rings. The highest BCUT2D eigenvalue weighted by molar-refractivity contribution is 6.33. The van der Waals surface area contributed by atoms with E-state index in [4.69, 9.17) is 16.7 Å². The Kier molecular flexibility index (Phi) is 3.52. The number of aromatic nitrogens is 1. The van der Waals surface area contributed by atoms with Crippen molar-refractivity contribution in [3.63, 3.8) is 0 Å². The molecule has 2 rings (SSSR count). The molecular formula is C12H13ClN2O3. The van der Waals surface area contributed by atoms with Crippen LogP contribution >= 0.6 is 11.6 Å². The summed E-state index contributed by atoms with van der Waals surface area (Å²) >= 11 is 5.88. The fraction of sp³-hybridized carbons (Fsp3) is 0.417. The predicted octanol–water partition coefficient (Wildman–Crippen LogP) is 1.86. The number of carbonyl (C=O) groups is 2. The van der Waals surface area contributed by atoms with E-state index in [0.29, 0.717) is 18.4 Å². The molecule has 0 saturated heterocycles. The maximum Gasteiger partial charge on any atom is 0.305 e. The summed E-state index contributed by atoms with van der Waals surface area (Å²) in [6.07, 6.45) is 5.12. The first-order valence-corrected chi connectivity index (χ1v) is 6.04. The van der Waals surface area contributed by atoms with Crippen LogP contribution in [0.1, 0.15) is 36.0 Å². The van der Waals surface area contributed by atoms with Gasteiger partial charge in [-0.3, -0.25) is 14.6 Å². The first-order chi connectivity index (χ1) is 8.52. The number of halogens is 1. The molecule has 0 radical (unpaired) electrons. The summed E-state index contributed by atoms with van der Waals surface area (Å²) in [5.41, 5.74) is -0.293. The second-order valence-electron chi connectivity index (χ2n) is 4.51. The molecule has 1 aromatic rings. The lowest BCUT2D eigenvalue weighted by Gasteiger charge is -2.41. The smallest absolute Gasteiger partial charge is 0.305 e. The molecule has 0 atom stereocenters. The lowest BCUT2D eigenvalue weighted by Crippen LogP contribution is -2.54. The van der Waals surface area contributed by atoms with Gasteiger partial charge in [-0.05, 0) is 25.3 Å². The molecule has 2 N–H and O–H groups in total. The van der Waals surface area contributed by atoms with Crippen molar-refractivity contribution in [1.29, 1.82) is 0 Å². The number of nitrogens with one attached hydrogen (secondary N) is 1. The molecule has 1 aromatic heterocycles. The molecule has 1 heterocycles. The maximum atomic E-state index is 12.0. The van der Waals surface area contributed by atoms with E-state index in [-0.39, 0.29) is 17.4 Å². The lowest BCUT2D eigenvalue weighted by molar-refractivity contribution is -0.139. The second kappa shape index (κ2) is 4.94. The zero-order valence-corrected chi connectivity index (χ0v) is 10.4. The van der Waals surface area contributed by atoms with Crippen LogP contribution in [0.2, 0.25) is 5.02 Å². The maximum absolute atomic E-state index is 12.0. The molecule has 0 aromatic carbocycles. The normalized spacial score (nSPS) is 16.7. The van der Waals surface area contributed by atoms with Gasteiger partial charge >= 0.3 is 5.97 Å². The van der Waals surface area contributed by atoms with Gasteiger partial charge in [-0.2, -0.15) is 0 Å². The molecule has 0 aliphatic heterocycles. The topological polar surface area (TPSA) is 79.3 Å². The molecule has 1 amide bonds. The van der Waals surface area contributed by atoms with Gasteiger partial charge in [-0.15, -0.1) is 0 Å². The molecule has 1 aliphatic carbocycles. The van der Waals surface area contributed by atoms with E-state index in [1.54, 1.807) is 0 Å². The Morgan fingerprint density at radius 3 is 2.72 bits per heavy atom. The Bertz CT molecular complexity index is 486. The second-order valence-corrected chi connectivity index (χ2v) is 4.92. The van der Waals surface area contributed by atoms with Gasteiger partial charge in [-0.25, -0.2) is 0 Å². The minimum Gasteiger partial charge on any atom is -0.481 e. The van der Waals surface area contributed by atoms with Crippen LogP contribution in [0.25, 0.3) is 0 Å². The van der Waals surface area contributed by atoms with Crippen LogP contribution in [0, 0.1) is 0 Å². The number of pyridine rings is 1. The van der Waals surface area contributed by atoms with Gasteiger partial charge in [0.25, 0.3) is 5.91 Å². The number of carboxylic acid groups (broad SMARTS) is 1. The molecule has 18 heavy (non-hydrogen) atoms. The summed E-state index contributed by atoms with van der Waals surface area (Å²) in [6, 6.07) is 1.52. The van der Waals surface area contributed by atoms with Gasteiger partial charge in [-0.1, -0.05) is 11.6 Å². The van der Waals surface area contributed by atoms with Crippen molar-refractivity contribution in [2.75, 3.05) is 0 Å². The van der Waals surface area contributed by atoms with Crippen LogP contribution in [-0.2, 0) is 4.79 Å². The van der Waals surface area contributed by atoms with Gasteiger partial charge in [0.05, 0.1) is 22.5 Å². The van der Waals surface area contributed by atoms with Crippen LogP contribution in [0.4, 0.5) is 0 Å². The van der Waals surface area contributed by atoms with Crippen LogP contribution in [0.3, 0.4) is 0 Å². The van der Waals surface area contributed by atoms with E-state index in [1.165, 1.54) is 18.5 Å². The van der Waals surface area contributed by atoms with Gasteiger partial charge < -0.3 is 10.4 Å². The molecule has 6 heteroatoms. The van der Waals surface area contributed by atoms with Gasteiger partial charge in [0.15, 0.2) is 0 Å². The van der Waals surface area contributed by atoms with Crippen molar-refractivity contribution in [1.82, 2.24) is 10.3 Å². The number of rotatable bonds is 4. The number of carbonyl (C=O) groups excluding carboxylic acids is 1. The third-order valence-electron chi connectivity index (χ3n) is 3.20. The average Bonchev–Trinajstić information content (AvgIpc) is 2.25. The fourth-order valence-electron chi connectivity index (χ4n) is 2.11. The van der Waals surface area contributed by atoms with Crippen molar-refractivity contribution in [2.24, 2.45) is 0 Å². The highest BCUT2D eigenvalue weighted by atomic mass is 35.5. The Labute approximate surface area is 109 Å². The lowest BCUT2D eigenvalue weighted by atomic mass is 9.74. The predicted molar refractivity (Wildman–Crippen MR) is 65.5 cm³/mol. The number of hydrogen-bond acceptors (Lipinski definition) is 3. The number of hydrogen-bond donors (Lipinski definition) is 2. The van der Waals surface area contributed by atoms with Crippen molar-refractivity contribution in [2.45, 2.75) is 31.2 Å². The first-order valence-electron chi connectivity index (χ1n) is 5.66. The molecule has 1 saturated carbocycles. The third-order valence-corrected chi connectivity index (χ3v) is 3.50. The highest BCUT2D eigenvalue weighted by Gasteiger charge is 2.40. The van der Waals surface area contributed by atoms with E-state index in [2.05, 4.69) is 10.3 Å². The van der Waals surface area contributed by atoms with Crippen molar-refractivity contribution in [3.8, 4) is 0 Å². The Morgan fingerprint density at radius 2 is 2.22 bits per heavy atom. The Hall–Kier alpha value is -1.62. The van der Waals surface area contributed by atoms with Gasteiger partial charge in [0.2, 0.25) is 0 Å². The van der Waals surface area contributed by atoms with Crippen molar-refractivity contribution in [3.05, 3.63) is 29.0 Å². The SMILES string of the molecule is O=C(O)CC1(NC(=O)c2ccncc2Cl)CCC1. The zero-order valence-electron chi connectivity index (χ0n) is 9.65. The minimum absolute atomic E-state index is 0.0541. The summed E-state index contributed by atoms with van der Waals surface area (Å²) in [7, 11) is 0. The highest BCUT2D eigenvalue weighted by Crippen LogP contribution is 2.35. The van der Waals surface area contributed by atoms with Gasteiger partial charge in [0, 0.05) is 12.4 Å². The monoisotopic (exact) mass is 268 g/mol. The van der Waals surface area contributed by atoms with Gasteiger partial charge in [0.1, 0.15) is 0 Å². The first kappa shape index (κ1) is 12.8. The third kappa shape index (κ3) is 2.61. The zero-order chi connectivity index (χ0) is 13.2. The summed E-state index contributed by atoms with van der Waals surface area (Å²) in [5, 5.41) is 11.9. The van der Waals surface area contributed by atoms with E-state index in [1.807, 2.05) is 0 Å². The van der Waals surface area contributed by atoms with Crippen LogP contribution in [-0.4, -0.2) is 27.5 Å². The average molecular weight is 269 g/mol. The number of nitrogens with zero attached hydrogens (tertiary/aromatic N) is 1. The van der Waals surface area contributed by atoms with E-state index < -0.39 is 11.5 Å².